The van der Waals surface area contributed by atoms with Crippen molar-refractivity contribution in [1.82, 2.24) is 4.57 Å². The molecule has 0 bridgehead atoms. The van der Waals surface area contributed by atoms with Crippen LogP contribution in [0, 0.1) is 10.1 Å². The predicted octanol–water partition coefficient (Wildman–Crippen LogP) is 4.64. The van der Waals surface area contributed by atoms with Crippen molar-refractivity contribution in [1.29, 1.82) is 0 Å². The van der Waals surface area contributed by atoms with E-state index in [1.54, 1.807) is 42.5 Å². The third-order valence-corrected chi connectivity index (χ3v) is 7.65. The summed E-state index contributed by atoms with van der Waals surface area (Å²) in [5.74, 6) is 1.09. The van der Waals surface area contributed by atoms with Crippen LogP contribution in [0.4, 0.5) is 5.69 Å². The topological polar surface area (TPSA) is 135 Å². The number of esters is 1. The van der Waals surface area contributed by atoms with Gasteiger partial charge in [0.25, 0.3) is 11.2 Å². The van der Waals surface area contributed by atoms with Gasteiger partial charge >= 0.3 is 5.97 Å². The predicted molar refractivity (Wildman–Crippen MR) is 156 cm³/mol. The number of nitro groups is 1. The molecule has 0 spiro atoms. The van der Waals surface area contributed by atoms with Crippen LogP contribution in [0.5, 0.6) is 11.5 Å². The number of hydrogen-bond acceptors (Lipinski definition) is 10. The fourth-order valence-electron chi connectivity index (χ4n) is 4.51. The number of furan rings is 1. The number of carbonyl (C=O) groups excluding carboxylic acids is 1. The number of rotatable bonds is 9. The molecule has 0 radical (unpaired) electrons. The van der Waals surface area contributed by atoms with E-state index in [1.165, 1.54) is 30.0 Å². The minimum absolute atomic E-state index is 0.0124. The van der Waals surface area contributed by atoms with Crippen LogP contribution in [0.2, 0.25) is 5.02 Å². The second-order valence-corrected chi connectivity index (χ2v) is 10.3. The summed E-state index contributed by atoms with van der Waals surface area (Å²) in [5, 5.41) is 11.3. The first kappa shape index (κ1) is 28.8. The van der Waals surface area contributed by atoms with Crippen molar-refractivity contribution in [2.75, 3.05) is 20.3 Å². The number of thiazole rings is 1. The van der Waals surface area contributed by atoms with Crippen LogP contribution in [-0.2, 0) is 9.53 Å². The van der Waals surface area contributed by atoms with Crippen molar-refractivity contribution in [3.63, 3.8) is 0 Å². The van der Waals surface area contributed by atoms with Gasteiger partial charge in [-0.1, -0.05) is 29.0 Å². The molecule has 1 aliphatic heterocycles. The van der Waals surface area contributed by atoms with Crippen LogP contribution in [0.15, 0.2) is 74.5 Å². The first-order chi connectivity index (χ1) is 20.2. The van der Waals surface area contributed by atoms with Gasteiger partial charge in [0, 0.05) is 23.9 Å². The Bertz CT molecular complexity index is 1910. The van der Waals surface area contributed by atoms with Crippen molar-refractivity contribution < 1.29 is 28.3 Å². The van der Waals surface area contributed by atoms with Crippen LogP contribution in [0.1, 0.15) is 31.2 Å². The lowest BCUT2D eigenvalue weighted by Gasteiger charge is -2.23. The number of carbonyl (C=O) groups is 1. The minimum Gasteiger partial charge on any atom is -0.490 e. The van der Waals surface area contributed by atoms with Gasteiger partial charge in [-0.25, -0.2) is 9.79 Å². The van der Waals surface area contributed by atoms with Crippen molar-refractivity contribution >= 4 is 40.7 Å². The fraction of sp³-hybridized carbons (Fsp3) is 0.207. The Hall–Kier alpha value is -4.68. The monoisotopic (exact) mass is 609 g/mol. The molecule has 216 valence electrons. The second kappa shape index (κ2) is 12.0. The van der Waals surface area contributed by atoms with Crippen molar-refractivity contribution in [3.8, 4) is 22.8 Å². The van der Waals surface area contributed by atoms with Gasteiger partial charge in [-0.3, -0.25) is 19.5 Å². The average molecular weight is 610 g/mol. The van der Waals surface area contributed by atoms with E-state index in [0.717, 1.165) is 11.3 Å². The molecule has 2 aromatic carbocycles. The highest BCUT2D eigenvalue weighted by Crippen LogP contribution is 2.35. The van der Waals surface area contributed by atoms with Gasteiger partial charge in [-0.05, 0) is 55.8 Å². The van der Waals surface area contributed by atoms with E-state index in [2.05, 4.69) is 4.99 Å². The van der Waals surface area contributed by atoms with Gasteiger partial charge in [0.1, 0.15) is 16.5 Å². The first-order valence-corrected chi connectivity index (χ1v) is 14.0. The SMILES string of the molecule is CCOc1ccc([C@@H]2C(C(=O)OC)=CN=c3s/c(=C/c4ccc(-c5ccc(Cl)c([N+](=O)[O-])c5)o4)c(=O)n32)cc1OCC. The molecule has 3 heterocycles. The van der Waals surface area contributed by atoms with E-state index < -0.39 is 22.5 Å². The van der Waals surface area contributed by atoms with Crippen LogP contribution in [-0.4, -0.2) is 35.8 Å². The molecule has 13 heteroatoms. The standard InChI is InChI=1S/C29H24ClN3O8S/c1-4-39-23-10-7-17(13-24(23)40-5-2)26-19(28(35)38-3)15-31-29-32(26)27(34)25(42-29)14-18-8-11-22(41-18)16-6-9-20(30)21(12-16)33(36)37/h6-15,26H,4-5H2,1-3H3/b25-14+/t26-/m1/s1. The number of nitro benzene ring substituents is 1. The van der Waals surface area contributed by atoms with E-state index in [1.807, 2.05) is 13.8 Å². The Morgan fingerprint density at radius 3 is 2.62 bits per heavy atom. The summed E-state index contributed by atoms with van der Waals surface area (Å²) < 4.78 is 24.1. The van der Waals surface area contributed by atoms with E-state index in [-0.39, 0.29) is 16.3 Å². The maximum absolute atomic E-state index is 13.8. The fourth-order valence-corrected chi connectivity index (χ4v) is 5.64. The Morgan fingerprint density at radius 1 is 1.14 bits per heavy atom. The van der Waals surface area contributed by atoms with Crippen LogP contribution in [0.3, 0.4) is 0 Å². The molecule has 0 fully saturated rings. The molecule has 2 aromatic heterocycles. The highest BCUT2D eigenvalue weighted by Gasteiger charge is 2.31. The molecule has 1 atom stereocenters. The van der Waals surface area contributed by atoms with Gasteiger partial charge in [-0.2, -0.15) is 0 Å². The van der Waals surface area contributed by atoms with Gasteiger partial charge in [0.05, 0.1) is 41.4 Å². The lowest BCUT2D eigenvalue weighted by atomic mass is 9.97. The van der Waals surface area contributed by atoms with Gasteiger partial charge in [0.2, 0.25) is 0 Å². The summed E-state index contributed by atoms with van der Waals surface area (Å²) in [4.78, 5) is 42.0. The van der Waals surface area contributed by atoms with Crippen LogP contribution in [0.25, 0.3) is 17.4 Å². The molecule has 0 unspecified atom stereocenters. The molecule has 0 saturated carbocycles. The van der Waals surface area contributed by atoms with Crippen molar-refractivity contribution in [2.45, 2.75) is 19.9 Å². The third kappa shape index (κ3) is 5.46. The largest absolute Gasteiger partial charge is 0.490 e. The minimum atomic E-state index is -0.840. The summed E-state index contributed by atoms with van der Waals surface area (Å²) in [6, 6.07) is 12.0. The molecule has 0 N–H and O–H groups in total. The van der Waals surface area contributed by atoms with Gasteiger partial charge in [-0.15, -0.1) is 0 Å². The summed E-state index contributed by atoms with van der Waals surface area (Å²) in [6.07, 6.45) is 2.96. The van der Waals surface area contributed by atoms with Gasteiger partial charge < -0.3 is 18.6 Å². The van der Waals surface area contributed by atoms with E-state index in [9.17, 15) is 19.7 Å². The van der Waals surface area contributed by atoms with E-state index in [0.29, 0.717) is 56.7 Å². The third-order valence-electron chi connectivity index (χ3n) is 6.34. The Balaban J connectivity index is 1.59. The van der Waals surface area contributed by atoms with Gasteiger partial charge in [0.15, 0.2) is 16.3 Å². The molecular formula is C29H24ClN3O8S. The maximum atomic E-state index is 13.8. The molecule has 5 rings (SSSR count). The number of aromatic nitrogens is 1. The molecule has 0 saturated heterocycles. The smallest absolute Gasteiger partial charge is 0.337 e. The molecule has 42 heavy (non-hydrogen) atoms. The molecule has 1 aliphatic rings. The number of nitrogens with zero attached hydrogens (tertiary/aromatic N) is 3. The lowest BCUT2D eigenvalue weighted by molar-refractivity contribution is -0.384. The van der Waals surface area contributed by atoms with E-state index in [4.69, 9.17) is 30.2 Å². The van der Waals surface area contributed by atoms with Crippen LogP contribution < -0.4 is 24.4 Å². The number of benzene rings is 2. The number of ether oxygens (including phenoxy) is 3. The zero-order valence-electron chi connectivity index (χ0n) is 22.7. The first-order valence-electron chi connectivity index (χ1n) is 12.8. The second-order valence-electron chi connectivity index (χ2n) is 8.87. The van der Waals surface area contributed by atoms with Crippen molar-refractivity contribution in [3.05, 3.63) is 106 Å². The molecule has 4 aromatic rings. The van der Waals surface area contributed by atoms with E-state index >= 15 is 0 Å². The Labute approximate surface area is 247 Å². The number of halogens is 1. The number of fused-ring (bicyclic) bond motifs is 1. The number of methoxy groups -OCH3 is 1. The highest BCUT2D eigenvalue weighted by molar-refractivity contribution is 7.07. The highest BCUT2D eigenvalue weighted by atomic mass is 35.5. The Morgan fingerprint density at radius 2 is 1.90 bits per heavy atom. The average Bonchev–Trinajstić information content (AvgIpc) is 3.58. The summed E-state index contributed by atoms with van der Waals surface area (Å²) in [6.45, 7) is 4.53. The zero-order chi connectivity index (χ0) is 30.0. The normalized spacial score (nSPS) is 14.5. The zero-order valence-corrected chi connectivity index (χ0v) is 24.2. The summed E-state index contributed by atoms with van der Waals surface area (Å²) in [5.41, 5.74) is 0.586. The maximum Gasteiger partial charge on any atom is 0.337 e. The lowest BCUT2D eigenvalue weighted by Crippen LogP contribution is -2.39. The van der Waals surface area contributed by atoms with Crippen LogP contribution >= 0.6 is 22.9 Å². The quantitative estimate of drug-likeness (QED) is 0.152. The molecular weight excluding hydrogens is 586 g/mol. The molecule has 0 aliphatic carbocycles. The number of hydrogen-bond donors (Lipinski definition) is 0. The molecule has 11 nitrogen and oxygen atoms in total. The van der Waals surface area contributed by atoms with Crippen molar-refractivity contribution in [2.24, 2.45) is 4.99 Å². The summed E-state index contributed by atoms with van der Waals surface area (Å²) in [7, 11) is 1.26. The molecule has 0 amide bonds. The summed E-state index contributed by atoms with van der Waals surface area (Å²) >= 11 is 7.05. The Kier molecular flexibility index (Phi) is 8.27.